The second kappa shape index (κ2) is 12.3. The normalized spacial score (nSPS) is 16.0. The molecule has 0 bridgehead atoms. The highest BCUT2D eigenvalue weighted by molar-refractivity contribution is 7.89. The Balaban J connectivity index is 0.000000291. The molecule has 14 nitrogen and oxygen atoms in total. The third-order valence-electron chi connectivity index (χ3n) is 6.31. The minimum atomic E-state index is -4.93. The van der Waals surface area contributed by atoms with Crippen LogP contribution < -0.4 is 9.64 Å². The molecule has 5 aromatic rings. The number of nitrogens with zero attached hydrogens (tertiary/aromatic N) is 7. The van der Waals surface area contributed by atoms with Crippen molar-refractivity contribution in [3.8, 4) is 5.75 Å². The van der Waals surface area contributed by atoms with E-state index < -0.39 is 34.1 Å². The van der Waals surface area contributed by atoms with Crippen molar-refractivity contribution < 1.29 is 40.6 Å². The molecule has 0 saturated carbocycles. The topological polar surface area (TPSA) is 189 Å². The van der Waals surface area contributed by atoms with E-state index in [9.17, 15) is 31.5 Å². The number of anilines is 1. The number of aliphatic carboxylic acids is 1. The Bertz CT molecular complexity index is 1860. The molecule has 0 amide bonds. The van der Waals surface area contributed by atoms with Crippen molar-refractivity contribution in [2.24, 2.45) is 0 Å². The Kier molecular flexibility index (Phi) is 8.56. The summed E-state index contributed by atoms with van der Waals surface area (Å²) in [6.07, 6.45) is -0.762. The number of oxazole rings is 1. The maximum Gasteiger partial charge on any atom is 0.573 e. The van der Waals surface area contributed by atoms with Crippen LogP contribution in [0.4, 0.5) is 19.0 Å². The van der Waals surface area contributed by atoms with Gasteiger partial charge in [-0.05, 0) is 36.4 Å². The molecular weight excluding hydrogens is 609 g/mol. The first-order valence-electron chi connectivity index (χ1n) is 12.7. The molecule has 1 fully saturated rings. The van der Waals surface area contributed by atoms with Gasteiger partial charge in [0.25, 0.3) is 0 Å². The molecule has 2 aromatic carbocycles. The molecule has 44 heavy (non-hydrogen) atoms. The Hall–Kier alpha value is -4.94. The minimum Gasteiger partial charge on any atom is -0.670 e. The summed E-state index contributed by atoms with van der Waals surface area (Å²) in [5.74, 6) is -1.19. The molecule has 0 aliphatic carbocycles. The first-order valence-corrected chi connectivity index (χ1v) is 14.2. The smallest absolute Gasteiger partial charge is 0.573 e. The van der Waals surface area contributed by atoms with Crippen molar-refractivity contribution in [3.63, 3.8) is 0 Å². The van der Waals surface area contributed by atoms with Crippen LogP contribution in [0.5, 0.6) is 5.75 Å². The Morgan fingerprint density at radius 2 is 1.80 bits per heavy atom. The van der Waals surface area contributed by atoms with Gasteiger partial charge in [0.1, 0.15) is 35.0 Å². The summed E-state index contributed by atoms with van der Waals surface area (Å²) in [4.78, 5) is 33.5. The molecule has 4 heterocycles. The lowest BCUT2D eigenvalue weighted by atomic mass is 10.2. The lowest BCUT2D eigenvalue weighted by molar-refractivity contribution is -0.274. The monoisotopic (exact) mass is 631 g/mol. The minimum absolute atomic E-state index is 0.101. The SMILES string of the molecule is O=C(O)[C@H]1CN(c2cnc3cncnc3n2)CCN1S(=O)(=O)c1ccc(OC(F)(F)F)cc1.[NH-]Cc1nc2ccccc2o1. The van der Waals surface area contributed by atoms with Crippen LogP contribution in [0.15, 0.2) is 76.6 Å². The van der Waals surface area contributed by atoms with Crippen molar-refractivity contribution in [2.75, 3.05) is 24.5 Å². The highest BCUT2D eigenvalue weighted by Gasteiger charge is 2.41. The zero-order chi connectivity index (χ0) is 31.5. The van der Waals surface area contributed by atoms with Gasteiger partial charge in [-0.3, -0.25) is 4.79 Å². The molecule has 1 aliphatic rings. The van der Waals surface area contributed by atoms with Gasteiger partial charge >= 0.3 is 12.3 Å². The average molecular weight is 632 g/mol. The molecule has 1 saturated heterocycles. The van der Waals surface area contributed by atoms with Crippen LogP contribution in [-0.4, -0.2) is 80.8 Å². The maximum absolute atomic E-state index is 13.1. The fourth-order valence-corrected chi connectivity index (χ4v) is 5.88. The van der Waals surface area contributed by atoms with Gasteiger partial charge in [0, 0.05) is 19.6 Å². The number of alkyl halides is 3. The number of benzene rings is 2. The largest absolute Gasteiger partial charge is 0.670 e. The number of carboxylic acids is 1. The van der Waals surface area contributed by atoms with E-state index >= 15 is 0 Å². The molecule has 0 spiro atoms. The Morgan fingerprint density at radius 1 is 1.05 bits per heavy atom. The third kappa shape index (κ3) is 6.82. The number of rotatable bonds is 6. The van der Waals surface area contributed by atoms with E-state index in [0.717, 1.165) is 39.7 Å². The molecule has 2 N–H and O–H groups in total. The first-order chi connectivity index (χ1) is 20.9. The number of aromatic nitrogens is 5. The van der Waals surface area contributed by atoms with E-state index in [-0.39, 0.29) is 31.1 Å². The zero-order valence-corrected chi connectivity index (χ0v) is 23.2. The molecule has 1 atom stereocenters. The van der Waals surface area contributed by atoms with Gasteiger partial charge in [-0.2, -0.15) is 4.31 Å². The number of hydrogen-bond acceptors (Lipinski definition) is 11. The molecule has 1 aliphatic heterocycles. The van der Waals surface area contributed by atoms with Gasteiger partial charge in [0.15, 0.2) is 17.1 Å². The van der Waals surface area contributed by atoms with Gasteiger partial charge in [-0.15, -0.1) is 13.2 Å². The number of piperazine rings is 1. The number of nitrogens with one attached hydrogen (secondary N) is 1. The summed E-state index contributed by atoms with van der Waals surface area (Å²) in [7, 11) is -4.32. The molecule has 3 aromatic heterocycles. The van der Waals surface area contributed by atoms with Crippen molar-refractivity contribution >= 4 is 44.1 Å². The zero-order valence-electron chi connectivity index (χ0n) is 22.4. The number of halogens is 3. The number of carbonyl (C=O) groups is 1. The van der Waals surface area contributed by atoms with Crippen LogP contribution in [0.1, 0.15) is 5.89 Å². The number of para-hydroxylation sites is 2. The summed E-state index contributed by atoms with van der Waals surface area (Å²) in [6, 6.07) is 9.58. The van der Waals surface area contributed by atoms with Crippen molar-refractivity contribution in [1.29, 1.82) is 0 Å². The number of carboxylic acid groups (broad SMARTS) is 1. The lowest BCUT2D eigenvalue weighted by Crippen LogP contribution is -2.58. The van der Waals surface area contributed by atoms with Crippen LogP contribution in [0.2, 0.25) is 0 Å². The highest BCUT2D eigenvalue weighted by atomic mass is 32.2. The van der Waals surface area contributed by atoms with Crippen molar-refractivity contribution in [3.05, 3.63) is 78.9 Å². The number of hydrogen-bond donors (Lipinski definition) is 1. The fraction of sp³-hybridized carbons (Fsp3) is 0.231. The maximum atomic E-state index is 13.1. The van der Waals surface area contributed by atoms with Crippen LogP contribution in [0.25, 0.3) is 28.0 Å². The van der Waals surface area contributed by atoms with Crippen molar-refractivity contribution in [1.82, 2.24) is 29.2 Å². The Labute approximate surface area is 247 Å². The summed E-state index contributed by atoms with van der Waals surface area (Å²) in [5, 5.41) is 9.69. The molecule has 6 rings (SSSR count). The number of ether oxygens (including phenoxy) is 1. The summed E-state index contributed by atoms with van der Waals surface area (Å²) in [6.45, 7) is -0.225. The van der Waals surface area contributed by atoms with Gasteiger partial charge in [-0.1, -0.05) is 18.7 Å². The van der Waals surface area contributed by atoms with Gasteiger partial charge in [-0.25, -0.2) is 33.3 Å². The lowest BCUT2D eigenvalue weighted by Gasteiger charge is -2.38. The quantitative estimate of drug-likeness (QED) is 0.287. The Morgan fingerprint density at radius 3 is 2.48 bits per heavy atom. The van der Waals surface area contributed by atoms with Crippen LogP contribution in [0.3, 0.4) is 0 Å². The van der Waals surface area contributed by atoms with E-state index in [2.05, 4.69) is 29.7 Å². The van der Waals surface area contributed by atoms with Gasteiger partial charge in [0.05, 0.1) is 17.3 Å². The predicted molar refractivity (Wildman–Crippen MR) is 148 cm³/mol. The molecular formula is C26H22F3N8O6S-. The second-order valence-electron chi connectivity index (χ2n) is 9.15. The second-order valence-corrected chi connectivity index (χ2v) is 11.0. The van der Waals surface area contributed by atoms with Crippen LogP contribution in [-0.2, 0) is 21.4 Å². The standard InChI is InChI=1S/C18H15F3N6O5S.C8H7N2O/c19-18(20,21)32-11-1-3-12(4-2-11)33(30,31)27-6-5-26(9-14(27)17(28)29)15-8-23-13-7-22-10-24-16(13)25-15;9-5-8-10-6-3-1-2-4-7(6)11-8/h1-4,7-8,10,14H,5-6,9H2,(H,28,29);1-4,9H,5H2/q;-1/t14-;/m1./s1. The van der Waals surface area contributed by atoms with E-state index in [1.54, 1.807) is 4.90 Å². The van der Waals surface area contributed by atoms with E-state index in [4.69, 9.17) is 10.2 Å². The van der Waals surface area contributed by atoms with Crippen molar-refractivity contribution in [2.45, 2.75) is 23.8 Å². The average Bonchev–Trinajstić information content (AvgIpc) is 3.44. The molecule has 0 radical (unpaired) electrons. The van der Waals surface area contributed by atoms with Crippen LogP contribution >= 0.6 is 0 Å². The molecule has 18 heteroatoms. The highest BCUT2D eigenvalue weighted by Crippen LogP contribution is 2.28. The molecule has 0 unspecified atom stereocenters. The van der Waals surface area contributed by atoms with Crippen LogP contribution in [0, 0.1) is 0 Å². The fourth-order valence-electron chi connectivity index (χ4n) is 4.32. The molecule has 230 valence electrons. The predicted octanol–water partition coefficient (Wildman–Crippen LogP) is 3.66. The number of fused-ring (bicyclic) bond motifs is 2. The first kappa shape index (κ1) is 30.5. The number of sulfonamides is 1. The summed E-state index contributed by atoms with van der Waals surface area (Å²) in [5.41, 5.74) is 9.34. The summed E-state index contributed by atoms with van der Waals surface area (Å²) < 4.78 is 72.9. The van der Waals surface area contributed by atoms with E-state index in [0.29, 0.717) is 22.9 Å². The van der Waals surface area contributed by atoms with Gasteiger partial charge in [0.2, 0.25) is 10.0 Å². The van der Waals surface area contributed by atoms with Gasteiger partial charge < -0.3 is 24.9 Å². The third-order valence-corrected chi connectivity index (χ3v) is 8.23. The summed E-state index contributed by atoms with van der Waals surface area (Å²) >= 11 is 0. The van der Waals surface area contributed by atoms with E-state index in [1.807, 2.05) is 24.3 Å². The van der Waals surface area contributed by atoms with E-state index in [1.165, 1.54) is 18.7 Å².